The number of methoxy groups -OCH3 is 1. The maximum Gasteiger partial charge on any atom is 0.237 e. The average Bonchev–Trinajstić information content (AvgIpc) is 3.29. The lowest BCUT2D eigenvalue weighted by molar-refractivity contribution is -0.115. The van der Waals surface area contributed by atoms with Crippen molar-refractivity contribution < 1.29 is 13.9 Å². The summed E-state index contributed by atoms with van der Waals surface area (Å²) in [6.45, 7) is 3.85. The van der Waals surface area contributed by atoms with Crippen LogP contribution in [0.4, 0.5) is 5.69 Å². The van der Waals surface area contributed by atoms with E-state index in [-0.39, 0.29) is 11.2 Å². The second-order valence-corrected chi connectivity index (χ2v) is 8.04. The van der Waals surface area contributed by atoms with E-state index in [4.69, 9.17) is 20.8 Å². The first-order chi connectivity index (χ1) is 14.0. The molecule has 0 saturated carbocycles. The van der Waals surface area contributed by atoms with E-state index in [9.17, 15) is 4.79 Å². The molecule has 3 aromatic heterocycles. The van der Waals surface area contributed by atoms with Gasteiger partial charge >= 0.3 is 0 Å². The minimum atomic E-state index is -0.349. The zero-order valence-corrected chi connectivity index (χ0v) is 17.7. The lowest BCUT2D eigenvalue weighted by atomic mass is 10.2. The number of rotatable bonds is 6. The second-order valence-electron chi connectivity index (χ2n) is 6.44. The van der Waals surface area contributed by atoms with Crippen LogP contribution in [0.1, 0.15) is 19.2 Å². The Morgan fingerprint density at radius 2 is 2.14 bits per heavy atom. The normalized spacial score (nSPS) is 12.4. The maximum absolute atomic E-state index is 12.9. The van der Waals surface area contributed by atoms with E-state index in [1.165, 1.54) is 11.8 Å². The molecule has 1 N–H and O–H groups in total. The number of aromatic nitrogens is 3. The number of nitrogens with one attached hydrogen (secondary N) is 1. The van der Waals surface area contributed by atoms with E-state index in [2.05, 4.69) is 15.5 Å². The highest BCUT2D eigenvalue weighted by Gasteiger charge is 2.22. The zero-order valence-electron chi connectivity index (χ0n) is 16.1. The predicted molar refractivity (Wildman–Crippen MR) is 114 cm³/mol. The van der Waals surface area contributed by atoms with Gasteiger partial charge in [-0.15, -0.1) is 10.2 Å². The molecule has 9 heteroatoms. The van der Waals surface area contributed by atoms with Crippen molar-refractivity contribution in [3.63, 3.8) is 0 Å². The van der Waals surface area contributed by atoms with Gasteiger partial charge in [0.05, 0.1) is 34.7 Å². The first-order valence-corrected chi connectivity index (χ1v) is 10.3. The molecule has 0 aliphatic rings. The fraction of sp³-hybridized carbons (Fsp3) is 0.250. The van der Waals surface area contributed by atoms with Gasteiger partial charge in [-0.25, -0.2) is 0 Å². The van der Waals surface area contributed by atoms with Gasteiger partial charge in [-0.2, -0.15) is 0 Å². The number of furan rings is 1. The first kappa shape index (κ1) is 19.6. The van der Waals surface area contributed by atoms with Crippen LogP contribution in [0.3, 0.4) is 0 Å². The van der Waals surface area contributed by atoms with Crippen molar-refractivity contribution >= 4 is 51.6 Å². The maximum atomic E-state index is 12.9. The van der Waals surface area contributed by atoms with Gasteiger partial charge in [0.15, 0.2) is 5.58 Å². The molecule has 0 aliphatic carbocycles. The standard InChI is InChI=1S/C20H19ClN4O3S/c1-4-18(19(26)22-12-5-6-16(27-3)13(21)9-12)29-20-15-10-17-14(7-8-28-17)25(15)11(2)23-24-20/h5-10,18H,4H2,1-3H3,(H,22,26). The number of hydrogen-bond donors (Lipinski definition) is 1. The van der Waals surface area contributed by atoms with Crippen LogP contribution in [0, 0.1) is 6.92 Å². The van der Waals surface area contributed by atoms with Crippen molar-refractivity contribution in [2.45, 2.75) is 30.5 Å². The highest BCUT2D eigenvalue weighted by Crippen LogP contribution is 2.33. The Bertz CT molecular complexity index is 1200. The minimum absolute atomic E-state index is 0.130. The van der Waals surface area contributed by atoms with Crippen LogP contribution in [0.25, 0.3) is 16.6 Å². The summed E-state index contributed by atoms with van der Waals surface area (Å²) in [4.78, 5) is 12.9. The molecule has 1 aromatic carbocycles. The highest BCUT2D eigenvalue weighted by molar-refractivity contribution is 8.00. The average molecular weight is 431 g/mol. The van der Waals surface area contributed by atoms with Crippen molar-refractivity contribution in [2.24, 2.45) is 0 Å². The summed E-state index contributed by atoms with van der Waals surface area (Å²) >= 11 is 7.53. The summed E-state index contributed by atoms with van der Waals surface area (Å²) in [6, 6.07) is 8.96. The van der Waals surface area contributed by atoms with Crippen molar-refractivity contribution in [3.8, 4) is 5.75 Å². The second kappa shape index (κ2) is 7.96. The fourth-order valence-corrected chi connectivity index (χ4v) is 4.37. The molecule has 0 fully saturated rings. The molecule has 3 heterocycles. The number of fused-ring (bicyclic) bond motifs is 3. The number of carbonyl (C=O) groups excluding carboxylic acids is 1. The Hall–Kier alpha value is -2.71. The molecule has 4 rings (SSSR count). The molecule has 0 radical (unpaired) electrons. The topological polar surface area (TPSA) is 81.7 Å². The van der Waals surface area contributed by atoms with Gasteiger partial charge < -0.3 is 14.5 Å². The molecule has 0 aliphatic heterocycles. The summed E-state index contributed by atoms with van der Waals surface area (Å²) in [5, 5.41) is 12.3. The van der Waals surface area contributed by atoms with Crippen LogP contribution >= 0.6 is 23.4 Å². The molecule has 1 atom stereocenters. The van der Waals surface area contributed by atoms with E-state index in [0.717, 1.165) is 22.4 Å². The molecular formula is C20H19ClN4O3S. The number of ether oxygens (including phenoxy) is 1. The van der Waals surface area contributed by atoms with Gasteiger partial charge in [0, 0.05) is 17.8 Å². The van der Waals surface area contributed by atoms with E-state index in [1.807, 2.05) is 30.4 Å². The summed E-state index contributed by atoms with van der Waals surface area (Å²) in [6.07, 6.45) is 2.27. The quantitative estimate of drug-likeness (QED) is 0.435. The molecule has 150 valence electrons. The number of hydrogen-bond acceptors (Lipinski definition) is 6. The van der Waals surface area contributed by atoms with Gasteiger partial charge in [0.1, 0.15) is 16.6 Å². The highest BCUT2D eigenvalue weighted by atomic mass is 35.5. The Morgan fingerprint density at radius 1 is 1.31 bits per heavy atom. The van der Waals surface area contributed by atoms with E-state index in [0.29, 0.717) is 27.9 Å². The molecule has 0 bridgehead atoms. The SMILES string of the molecule is CCC(Sc1nnc(C)n2c1cc1occc12)C(=O)Nc1ccc(OC)c(Cl)c1. The summed E-state index contributed by atoms with van der Waals surface area (Å²) < 4.78 is 12.6. The molecule has 0 saturated heterocycles. The molecule has 7 nitrogen and oxygen atoms in total. The number of carbonyl (C=O) groups is 1. The molecule has 0 spiro atoms. The van der Waals surface area contributed by atoms with Gasteiger partial charge in [-0.05, 0) is 31.5 Å². The molecule has 4 aromatic rings. The Kier molecular flexibility index (Phi) is 5.38. The number of benzene rings is 1. The van der Waals surface area contributed by atoms with Gasteiger partial charge in [-0.1, -0.05) is 30.3 Å². The smallest absolute Gasteiger partial charge is 0.237 e. The number of nitrogens with zero attached hydrogens (tertiary/aromatic N) is 3. The molecular weight excluding hydrogens is 412 g/mol. The van der Waals surface area contributed by atoms with Gasteiger partial charge in [0.2, 0.25) is 5.91 Å². The van der Waals surface area contributed by atoms with Gasteiger partial charge in [0.25, 0.3) is 0 Å². The number of anilines is 1. The van der Waals surface area contributed by atoms with E-state index < -0.39 is 0 Å². The van der Waals surface area contributed by atoms with Crippen molar-refractivity contribution in [1.82, 2.24) is 14.6 Å². The van der Waals surface area contributed by atoms with Crippen molar-refractivity contribution in [2.75, 3.05) is 12.4 Å². The lowest BCUT2D eigenvalue weighted by Gasteiger charge is -2.15. The first-order valence-electron chi connectivity index (χ1n) is 9.04. The molecule has 1 amide bonds. The Balaban J connectivity index is 1.59. The predicted octanol–water partition coefficient (Wildman–Crippen LogP) is 4.96. The monoisotopic (exact) mass is 430 g/mol. The Morgan fingerprint density at radius 3 is 2.86 bits per heavy atom. The third kappa shape index (κ3) is 3.65. The van der Waals surface area contributed by atoms with Crippen LogP contribution in [0.15, 0.2) is 46.0 Å². The lowest BCUT2D eigenvalue weighted by Crippen LogP contribution is -2.24. The van der Waals surface area contributed by atoms with Gasteiger partial charge in [-0.3, -0.25) is 9.20 Å². The fourth-order valence-electron chi connectivity index (χ4n) is 3.15. The van der Waals surface area contributed by atoms with Crippen LogP contribution in [0.5, 0.6) is 5.75 Å². The number of amides is 1. The van der Waals surface area contributed by atoms with Crippen molar-refractivity contribution in [3.05, 3.63) is 47.4 Å². The third-order valence-electron chi connectivity index (χ3n) is 4.59. The number of thioether (sulfide) groups is 1. The number of aryl methyl sites for hydroxylation is 1. The van der Waals surface area contributed by atoms with E-state index >= 15 is 0 Å². The van der Waals surface area contributed by atoms with Crippen LogP contribution < -0.4 is 10.1 Å². The molecule has 29 heavy (non-hydrogen) atoms. The van der Waals surface area contributed by atoms with Crippen LogP contribution in [-0.2, 0) is 4.79 Å². The largest absolute Gasteiger partial charge is 0.495 e. The zero-order chi connectivity index (χ0) is 20.5. The van der Waals surface area contributed by atoms with Crippen molar-refractivity contribution in [1.29, 1.82) is 0 Å². The van der Waals surface area contributed by atoms with E-state index in [1.54, 1.807) is 31.6 Å². The summed E-state index contributed by atoms with van der Waals surface area (Å²) in [5.41, 5.74) is 3.17. The van der Waals surface area contributed by atoms with Crippen LogP contribution in [0.2, 0.25) is 5.02 Å². The van der Waals surface area contributed by atoms with Crippen LogP contribution in [-0.4, -0.2) is 32.9 Å². The number of halogens is 1. The third-order valence-corrected chi connectivity index (χ3v) is 6.23. The summed E-state index contributed by atoms with van der Waals surface area (Å²) in [7, 11) is 1.55. The Labute approximate surface area is 176 Å². The molecule has 1 unspecified atom stereocenters. The summed E-state index contributed by atoms with van der Waals surface area (Å²) in [5.74, 6) is 1.18. The minimum Gasteiger partial charge on any atom is -0.495 e.